The number of benzene rings is 1. The Balaban J connectivity index is 1.20. The molecule has 162 valence electrons. The number of hydrogen-bond acceptors (Lipinski definition) is 8. The van der Waals surface area contributed by atoms with Gasteiger partial charge >= 0.3 is 6.18 Å². The van der Waals surface area contributed by atoms with Crippen molar-refractivity contribution >= 4 is 0 Å². The van der Waals surface area contributed by atoms with Gasteiger partial charge in [-0.1, -0.05) is 5.16 Å². The fourth-order valence-corrected chi connectivity index (χ4v) is 4.49. The summed E-state index contributed by atoms with van der Waals surface area (Å²) in [6, 6.07) is 5.30. The van der Waals surface area contributed by atoms with E-state index >= 15 is 0 Å². The van der Waals surface area contributed by atoms with Crippen molar-refractivity contribution < 1.29 is 37.0 Å². The van der Waals surface area contributed by atoms with Crippen molar-refractivity contribution in [1.82, 2.24) is 15.0 Å². The highest BCUT2D eigenvalue weighted by Crippen LogP contribution is 2.40. The van der Waals surface area contributed by atoms with Crippen LogP contribution in [0.1, 0.15) is 24.6 Å². The SMILES string of the molecule is O[C@@H]1C[C@H]2CN(Cc3nc(C(F)(F)F)no3)C[C@H]2C[C@H]1Oc1ccc2c(c1)OCO2. The van der Waals surface area contributed by atoms with Crippen LogP contribution in [0.15, 0.2) is 22.7 Å². The Kier molecular flexibility index (Phi) is 4.73. The van der Waals surface area contributed by atoms with Gasteiger partial charge in [0.25, 0.3) is 5.82 Å². The molecule has 11 heteroatoms. The number of aliphatic hydroxyl groups excluding tert-OH is 1. The molecule has 30 heavy (non-hydrogen) atoms. The van der Waals surface area contributed by atoms with E-state index < -0.39 is 18.1 Å². The third-order valence-corrected chi connectivity index (χ3v) is 5.87. The number of aromatic nitrogens is 2. The minimum absolute atomic E-state index is 0.0605. The molecule has 8 nitrogen and oxygen atoms in total. The largest absolute Gasteiger partial charge is 0.488 e. The van der Waals surface area contributed by atoms with Crippen LogP contribution in [0.25, 0.3) is 0 Å². The lowest BCUT2D eigenvalue weighted by Gasteiger charge is -2.35. The number of halogens is 3. The van der Waals surface area contributed by atoms with E-state index in [1.807, 2.05) is 4.90 Å². The number of ether oxygens (including phenoxy) is 3. The molecular weight excluding hydrogens is 407 g/mol. The molecule has 3 heterocycles. The molecule has 1 saturated carbocycles. The summed E-state index contributed by atoms with van der Waals surface area (Å²) < 4.78 is 59.3. The zero-order valence-electron chi connectivity index (χ0n) is 15.8. The van der Waals surface area contributed by atoms with E-state index in [0.29, 0.717) is 43.2 Å². The lowest BCUT2D eigenvalue weighted by molar-refractivity contribution is -0.146. The maximum Gasteiger partial charge on any atom is 0.455 e. The van der Waals surface area contributed by atoms with Crippen molar-refractivity contribution in [2.45, 2.75) is 37.8 Å². The predicted molar refractivity (Wildman–Crippen MR) is 93.8 cm³/mol. The molecule has 0 unspecified atom stereocenters. The Labute approximate surface area is 169 Å². The normalized spacial score (nSPS) is 28.5. The van der Waals surface area contributed by atoms with E-state index in [1.54, 1.807) is 18.2 Å². The van der Waals surface area contributed by atoms with Gasteiger partial charge in [-0.15, -0.1) is 0 Å². The Morgan fingerprint density at radius 2 is 1.90 bits per heavy atom. The molecule has 1 aromatic carbocycles. The average molecular weight is 427 g/mol. The second-order valence-corrected chi connectivity index (χ2v) is 7.93. The second-order valence-electron chi connectivity index (χ2n) is 7.93. The van der Waals surface area contributed by atoms with Crippen LogP contribution in [0.5, 0.6) is 17.2 Å². The maximum atomic E-state index is 12.6. The molecule has 4 atom stereocenters. The fourth-order valence-electron chi connectivity index (χ4n) is 4.49. The van der Waals surface area contributed by atoms with Crippen LogP contribution in [0.4, 0.5) is 13.2 Å². The van der Waals surface area contributed by atoms with Crippen LogP contribution < -0.4 is 14.2 Å². The average Bonchev–Trinajstić information content (AvgIpc) is 3.40. The van der Waals surface area contributed by atoms with E-state index in [4.69, 9.17) is 18.7 Å². The van der Waals surface area contributed by atoms with Crippen LogP contribution in [-0.2, 0) is 12.7 Å². The molecule has 2 aliphatic heterocycles. The van der Waals surface area contributed by atoms with Gasteiger partial charge in [0.2, 0.25) is 12.7 Å². The molecule has 0 radical (unpaired) electrons. The Morgan fingerprint density at radius 3 is 2.67 bits per heavy atom. The van der Waals surface area contributed by atoms with Crippen molar-refractivity contribution in [3.05, 3.63) is 29.9 Å². The standard InChI is InChI=1S/C19H20F3N3O5/c20-19(21,22)18-23-17(30-24-18)8-25-6-10-3-13(26)15(4-11(10)7-25)29-12-1-2-14-16(5-12)28-9-27-14/h1-2,5,10-11,13,15,26H,3-4,6-9H2/t10-,11+,13+,15+/m0/s1. The summed E-state index contributed by atoms with van der Waals surface area (Å²) in [5, 5.41) is 13.6. The zero-order chi connectivity index (χ0) is 20.9. The Bertz CT molecular complexity index is 921. The summed E-state index contributed by atoms with van der Waals surface area (Å²) in [7, 11) is 0. The molecule has 1 N–H and O–H groups in total. The van der Waals surface area contributed by atoms with Gasteiger partial charge in [-0.3, -0.25) is 4.90 Å². The van der Waals surface area contributed by atoms with E-state index in [0.717, 1.165) is 0 Å². The number of hydrogen-bond donors (Lipinski definition) is 1. The molecule has 1 aliphatic carbocycles. The van der Waals surface area contributed by atoms with Crippen LogP contribution in [0.2, 0.25) is 0 Å². The summed E-state index contributed by atoms with van der Waals surface area (Å²) in [5.41, 5.74) is 0. The highest BCUT2D eigenvalue weighted by atomic mass is 19.4. The van der Waals surface area contributed by atoms with Crippen LogP contribution in [-0.4, -0.2) is 52.2 Å². The van der Waals surface area contributed by atoms with Crippen molar-refractivity contribution in [2.75, 3.05) is 19.9 Å². The summed E-state index contributed by atoms with van der Waals surface area (Å²) in [4.78, 5) is 5.42. The topological polar surface area (TPSA) is 90.1 Å². The van der Waals surface area contributed by atoms with Crippen LogP contribution in [0.3, 0.4) is 0 Å². The van der Waals surface area contributed by atoms with E-state index in [2.05, 4.69) is 10.1 Å². The first-order chi connectivity index (χ1) is 14.3. The second kappa shape index (κ2) is 7.31. The number of nitrogens with zero attached hydrogens (tertiary/aromatic N) is 3. The number of fused-ring (bicyclic) bond motifs is 2. The first kappa shape index (κ1) is 19.4. The molecule has 0 bridgehead atoms. The fraction of sp³-hybridized carbons (Fsp3) is 0.579. The first-order valence-corrected chi connectivity index (χ1v) is 9.71. The van der Waals surface area contributed by atoms with Crippen LogP contribution in [0, 0.1) is 11.8 Å². The molecule has 1 aromatic heterocycles. The van der Waals surface area contributed by atoms with Gasteiger partial charge in [0.1, 0.15) is 11.9 Å². The molecule has 0 spiro atoms. The zero-order valence-corrected chi connectivity index (χ0v) is 15.8. The lowest BCUT2D eigenvalue weighted by atomic mass is 9.78. The third-order valence-electron chi connectivity index (χ3n) is 5.87. The van der Waals surface area contributed by atoms with Gasteiger partial charge in [-0.2, -0.15) is 18.2 Å². The Morgan fingerprint density at radius 1 is 1.13 bits per heavy atom. The van der Waals surface area contributed by atoms with Gasteiger partial charge < -0.3 is 23.8 Å². The molecular formula is C19H20F3N3O5. The summed E-state index contributed by atoms with van der Waals surface area (Å²) >= 11 is 0. The van der Waals surface area contributed by atoms with Crippen molar-refractivity contribution in [1.29, 1.82) is 0 Å². The minimum atomic E-state index is -4.62. The van der Waals surface area contributed by atoms with Gasteiger partial charge in [0.15, 0.2) is 11.5 Å². The maximum absolute atomic E-state index is 12.6. The van der Waals surface area contributed by atoms with E-state index in [-0.39, 0.29) is 37.2 Å². The molecule has 1 saturated heterocycles. The van der Waals surface area contributed by atoms with E-state index in [9.17, 15) is 18.3 Å². The number of alkyl halides is 3. The highest BCUT2D eigenvalue weighted by Gasteiger charge is 2.43. The van der Waals surface area contributed by atoms with Gasteiger partial charge in [0.05, 0.1) is 12.6 Å². The number of rotatable bonds is 4. The summed E-state index contributed by atoms with van der Waals surface area (Å²) in [5.74, 6) is 1.05. The van der Waals surface area contributed by atoms with Gasteiger partial charge in [-0.05, 0) is 36.8 Å². The third kappa shape index (κ3) is 3.79. The molecule has 5 rings (SSSR count). The monoisotopic (exact) mass is 427 g/mol. The molecule has 0 amide bonds. The van der Waals surface area contributed by atoms with Crippen molar-refractivity contribution in [3.63, 3.8) is 0 Å². The first-order valence-electron chi connectivity index (χ1n) is 9.71. The molecule has 2 aromatic rings. The van der Waals surface area contributed by atoms with Crippen molar-refractivity contribution in [3.8, 4) is 17.2 Å². The molecule has 2 fully saturated rings. The summed E-state index contributed by atoms with van der Waals surface area (Å²) in [6.45, 7) is 1.65. The summed E-state index contributed by atoms with van der Waals surface area (Å²) in [6.07, 6.45) is -4.41. The number of likely N-dealkylation sites (tertiary alicyclic amines) is 1. The minimum Gasteiger partial charge on any atom is -0.488 e. The number of aliphatic hydroxyl groups is 1. The van der Waals surface area contributed by atoms with Crippen LogP contribution >= 0.6 is 0 Å². The predicted octanol–water partition coefficient (Wildman–Crippen LogP) is 2.47. The van der Waals surface area contributed by atoms with Crippen molar-refractivity contribution in [2.24, 2.45) is 11.8 Å². The van der Waals surface area contributed by atoms with Gasteiger partial charge in [-0.25, -0.2) is 0 Å². The highest BCUT2D eigenvalue weighted by molar-refractivity contribution is 5.47. The quantitative estimate of drug-likeness (QED) is 0.796. The lowest BCUT2D eigenvalue weighted by Crippen LogP contribution is -2.42. The molecule has 3 aliphatic rings. The smallest absolute Gasteiger partial charge is 0.455 e. The Hall–Kier alpha value is -2.53. The van der Waals surface area contributed by atoms with Gasteiger partial charge in [0, 0.05) is 19.2 Å². The van der Waals surface area contributed by atoms with E-state index in [1.165, 1.54) is 0 Å².